The van der Waals surface area contributed by atoms with Crippen molar-refractivity contribution in [2.45, 2.75) is 63.1 Å². The Bertz CT molecular complexity index is 1780. The molecule has 260 valence electrons. The Morgan fingerprint density at radius 2 is 1.46 bits per heavy atom. The molecular weight excluding hydrogens is 649 g/mol. The van der Waals surface area contributed by atoms with E-state index in [1.807, 2.05) is 108 Å². The van der Waals surface area contributed by atoms with Crippen molar-refractivity contribution in [3.8, 4) is 11.1 Å². The molecule has 4 aromatic carbocycles. The molecule has 1 aliphatic carbocycles. The standard InChI is InChI=1S/C41H44N2O6S/c1-40(2,3)49-39(47)42-33(23-24-50-4)37(45)35-34(44)25-43(36(35)38(46)48-26-27-15-7-5-8-16-27)41(28-17-9-6-10-18-28)31-21-13-11-19-29(31)30-20-12-14-22-32(30)41/h5-22,33,35-37,45H,23-26H2,1-4H3,(H,42,47)/t33?,35?,36-,37?/m0/s1. The van der Waals surface area contributed by atoms with Gasteiger partial charge in [0.2, 0.25) is 0 Å². The number of aliphatic hydroxyl groups is 1. The Hall–Kier alpha value is -4.44. The highest BCUT2D eigenvalue weighted by Gasteiger charge is 2.60. The number of aliphatic hydroxyl groups excluding tert-OH is 1. The summed E-state index contributed by atoms with van der Waals surface area (Å²) in [6, 6.07) is 33.3. The molecule has 9 heteroatoms. The molecule has 4 aromatic rings. The highest BCUT2D eigenvalue weighted by molar-refractivity contribution is 7.98. The molecule has 50 heavy (non-hydrogen) atoms. The molecule has 0 radical (unpaired) electrons. The lowest BCUT2D eigenvalue weighted by molar-refractivity contribution is -0.156. The van der Waals surface area contributed by atoms with Crippen molar-refractivity contribution in [2.75, 3.05) is 18.6 Å². The van der Waals surface area contributed by atoms with E-state index in [2.05, 4.69) is 17.4 Å². The van der Waals surface area contributed by atoms with Crippen LogP contribution in [-0.2, 0) is 31.2 Å². The summed E-state index contributed by atoms with van der Waals surface area (Å²) >= 11 is 1.56. The number of thioether (sulfide) groups is 1. The number of nitrogens with zero attached hydrogens (tertiary/aromatic N) is 1. The molecule has 2 N–H and O–H groups in total. The van der Waals surface area contributed by atoms with E-state index in [4.69, 9.17) is 9.47 Å². The van der Waals surface area contributed by atoms with Gasteiger partial charge >= 0.3 is 12.1 Å². The number of esters is 1. The molecule has 1 aliphatic heterocycles. The Labute approximate surface area is 298 Å². The van der Waals surface area contributed by atoms with Crippen LogP contribution in [0.4, 0.5) is 4.79 Å². The van der Waals surface area contributed by atoms with Crippen molar-refractivity contribution in [3.05, 3.63) is 131 Å². The van der Waals surface area contributed by atoms with Crippen molar-refractivity contribution in [1.29, 1.82) is 0 Å². The lowest BCUT2D eigenvalue weighted by Crippen LogP contribution is -2.57. The van der Waals surface area contributed by atoms with Gasteiger partial charge in [0.05, 0.1) is 30.1 Å². The topological polar surface area (TPSA) is 105 Å². The zero-order chi connectivity index (χ0) is 35.5. The number of rotatable bonds is 11. The summed E-state index contributed by atoms with van der Waals surface area (Å²) in [6.45, 7) is 5.15. The third-order valence-corrected chi connectivity index (χ3v) is 10.1. The van der Waals surface area contributed by atoms with E-state index in [1.165, 1.54) is 0 Å². The number of benzene rings is 4. The molecule has 1 saturated heterocycles. The Morgan fingerprint density at radius 1 is 0.900 bits per heavy atom. The van der Waals surface area contributed by atoms with Crippen LogP contribution >= 0.6 is 11.8 Å². The molecule has 0 spiro atoms. The van der Waals surface area contributed by atoms with Crippen molar-refractivity contribution in [2.24, 2.45) is 5.92 Å². The van der Waals surface area contributed by atoms with Crippen molar-refractivity contribution in [1.82, 2.24) is 10.2 Å². The second-order valence-electron chi connectivity index (χ2n) is 13.9. The lowest BCUT2D eigenvalue weighted by atomic mass is 9.77. The molecule has 2 aliphatic rings. The molecule has 4 atom stereocenters. The first-order chi connectivity index (χ1) is 24.1. The van der Waals surface area contributed by atoms with E-state index in [0.29, 0.717) is 12.2 Å². The number of amides is 1. The normalized spacial score (nSPS) is 19.3. The zero-order valence-electron chi connectivity index (χ0n) is 28.9. The predicted octanol–water partition coefficient (Wildman–Crippen LogP) is 6.58. The lowest BCUT2D eigenvalue weighted by Gasteiger charge is -2.44. The van der Waals surface area contributed by atoms with Gasteiger partial charge in [-0.3, -0.25) is 14.5 Å². The van der Waals surface area contributed by atoms with Gasteiger partial charge in [0, 0.05) is 0 Å². The molecule has 1 amide bonds. The number of carbonyl (C=O) groups is 3. The van der Waals surface area contributed by atoms with Gasteiger partial charge in [-0.15, -0.1) is 0 Å². The largest absolute Gasteiger partial charge is 0.460 e. The van der Waals surface area contributed by atoms with E-state index >= 15 is 0 Å². The minimum Gasteiger partial charge on any atom is -0.460 e. The van der Waals surface area contributed by atoms with Crippen LogP contribution in [-0.4, -0.2) is 70.2 Å². The van der Waals surface area contributed by atoms with E-state index in [-0.39, 0.29) is 18.9 Å². The fourth-order valence-electron chi connectivity index (χ4n) is 7.49. The highest BCUT2D eigenvalue weighted by Crippen LogP contribution is 2.56. The maximum Gasteiger partial charge on any atom is 0.407 e. The SMILES string of the molecule is CSCCC(NC(=O)OC(C)(C)C)C(O)C1C(=O)CN(C2(c3ccccc3)c3ccccc3-c3ccccc32)[C@@H]1C(=O)OCc1ccccc1. The number of nitrogens with one attached hydrogen (secondary N) is 1. The van der Waals surface area contributed by atoms with Crippen LogP contribution in [0.5, 0.6) is 0 Å². The fourth-order valence-corrected chi connectivity index (χ4v) is 7.98. The van der Waals surface area contributed by atoms with Gasteiger partial charge in [0.25, 0.3) is 0 Å². The number of ether oxygens (including phenoxy) is 2. The molecule has 1 heterocycles. The van der Waals surface area contributed by atoms with Gasteiger partial charge in [-0.2, -0.15) is 11.8 Å². The summed E-state index contributed by atoms with van der Waals surface area (Å²) in [7, 11) is 0. The second kappa shape index (κ2) is 14.8. The Kier molecular flexibility index (Phi) is 10.5. The van der Waals surface area contributed by atoms with Crippen molar-refractivity contribution >= 4 is 29.6 Å². The van der Waals surface area contributed by atoms with E-state index in [9.17, 15) is 19.5 Å². The predicted molar refractivity (Wildman–Crippen MR) is 196 cm³/mol. The number of hydrogen-bond donors (Lipinski definition) is 2. The van der Waals surface area contributed by atoms with Gasteiger partial charge in [0.15, 0.2) is 5.78 Å². The summed E-state index contributed by atoms with van der Waals surface area (Å²) in [5, 5.41) is 15.1. The van der Waals surface area contributed by atoms with Gasteiger partial charge in [-0.25, -0.2) is 4.79 Å². The Balaban J connectivity index is 1.50. The molecular formula is C41H44N2O6S. The fraction of sp³-hybridized carbons (Fsp3) is 0.341. The average molecular weight is 693 g/mol. The maximum atomic E-state index is 14.6. The van der Waals surface area contributed by atoms with Gasteiger partial charge in [-0.1, -0.05) is 109 Å². The van der Waals surface area contributed by atoms with Gasteiger partial charge in [-0.05, 0) is 72.6 Å². The monoisotopic (exact) mass is 692 g/mol. The quantitative estimate of drug-likeness (QED) is 0.170. The van der Waals surface area contributed by atoms with Crippen LogP contribution in [0.15, 0.2) is 109 Å². The summed E-state index contributed by atoms with van der Waals surface area (Å²) in [5.74, 6) is -1.54. The first-order valence-corrected chi connectivity index (χ1v) is 18.4. The summed E-state index contributed by atoms with van der Waals surface area (Å²) < 4.78 is 11.6. The minimum absolute atomic E-state index is 0.00140. The number of carbonyl (C=O) groups excluding carboxylic acids is 3. The van der Waals surface area contributed by atoms with Crippen LogP contribution < -0.4 is 5.32 Å². The molecule has 3 unspecified atom stereocenters. The van der Waals surface area contributed by atoms with Gasteiger partial charge < -0.3 is 19.9 Å². The van der Waals surface area contributed by atoms with E-state index < -0.39 is 47.3 Å². The zero-order valence-corrected chi connectivity index (χ0v) is 29.7. The van der Waals surface area contributed by atoms with Crippen molar-refractivity contribution < 1.29 is 29.0 Å². The van der Waals surface area contributed by atoms with Crippen molar-refractivity contribution in [3.63, 3.8) is 0 Å². The van der Waals surface area contributed by atoms with Gasteiger partial charge in [0.1, 0.15) is 18.2 Å². The maximum absolute atomic E-state index is 14.6. The third-order valence-electron chi connectivity index (χ3n) is 9.50. The van der Waals surface area contributed by atoms with Crippen LogP contribution in [0.2, 0.25) is 0 Å². The molecule has 0 bridgehead atoms. The molecule has 1 fully saturated rings. The first-order valence-electron chi connectivity index (χ1n) is 17.0. The average Bonchev–Trinajstić information content (AvgIpc) is 3.61. The van der Waals surface area contributed by atoms with Crippen LogP contribution in [0, 0.1) is 5.92 Å². The molecule has 8 nitrogen and oxygen atoms in total. The van der Waals surface area contributed by atoms with Crippen LogP contribution in [0.3, 0.4) is 0 Å². The molecule has 0 saturated carbocycles. The summed E-state index contributed by atoms with van der Waals surface area (Å²) in [6.07, 6.45) is 0.169. The number of Topliss-reactive ketones (excluding diaryl/α,β-unsaturated/α-hetero) is 1. The number of alkyl carbamates (subject to hydrolysis) is 1. The third kappa shape index (κ3) is 6.82. The number of likely N-dealkylation sites (tertiary alicyclic amines) is 1. The second-order valence-corrected chi connectivity index (χ2v) is 14.8. The summed E-state index contributed by atoms with van der Waals surface area (Å²) in [4.78, 5) is 44.1. The number of ketones is 1. The minimum atomic E-state index is -1.42. The van der Waals surface area contributed by atoms with Crippen LogP contribution in [0.25, 0.3) is 11.1 Å². The highest BCUT2D eigenvalue weighted by atomic mass is 32.2. The first kappa shape index (κ1) is 35.4. The number of fused-ring (bicyclic) bond motifs is 3. The van der Waals surface area contributed by atoms with E-state index in [0.717, 1.165) is 33.4 Å². The Morgan fingerprint density at radius 3 is 2.04 bits per heavy atom. The smallest absolute Gasteiger partial charge is 0.407 e. The summed E-state index contributed by atoms with van der Waals surface area (Å²) in [5.41, 5.74) is 3.72. The molecule has 6 rings (SSSR count). The molecule has 0 aromatic heterocycles. The van der Waals surface area contributed by atoms with Crippen LogP contribution in [0.1, 0.15) is 49.4 Å². The number of hydrogen-bond acceptors (Lipinski definition) is 8. The van der Waals surface area contributed by atoms with E-state index in [1.54, 1.807) is 32.5 Å².